The van der Waals surface area contributed by atoms with Crippen LogP contribution in [0.1, 0.15) is 49.4 Å². The fourth-order valence-corrected chi connectivity index (χ4v) is 5.85. The molecule has 12 heteroatoms. The summed E-state index contributed by atoms with van der Waals surface area (Å²) in [6, 6.07) is 5.78. The van der Waals surface area contributed by atoms with E-state index in [-0.39, 0.29) is 24.4 Å². The summed E-state index contributed by atoms with van der Waals surface area (Å²) in [6.45, 7) is 3.54. The van der Waals surface area contributed by atoms with E-state index in [1.807, 2.05) is 13.8 Å². The van der Waals surface area contributed by atoms with Crippen molar-refractivity contribution < 1.29 is 32.9 Å². The Balaban J connectivity index is 1.61. The fourth-order valence-electron chi connectivity index (χ4n) is 4.83. The molecule has 0 aliphatic heterocycles. The van der Waals surface area contributed by atoms with Crippen molar-refractivity contribution in [2.45, 2.75) is 51.5 Å². The Bertz CT molecular complexity index is 1300. The molecule has 2 unspecified atom stereocenters. The maximum Gasteiger partial charge on any atom is 0.433 e. The van der Waals surface area contributed by atoms with Crippen LogP contribution in [-0.4, -0.2) is 38.2 Å². The number of alkyl halides is 3. The summed E-state index contributed by atoms with van der Waals surface area (Å²) >= 11 is 1.28. The minimum absolute atomic E-state index is 0.236. The maximum atomic E-state index is 13.0. The van der Waals surface area contributed by atoms with E-state index in [2.05, 4.69) is 20.3 Å². The lowest BCUT2D eigenvalue weighted by atomic mass is 9.63. The van der Waals surface area contributed by atoms with Crippen LogP contribution in [0.4, 0.5) is 24.8 Å². The number of thiazole rings is 1. The van der Waals surface area contributed by atoms with Gasteiger partial charge in [0.05, 0.1) is 24.5 Å². The van der Waals surface area contributed by atoms with E-state index in [0.717, 1.165) is 12.3 Å². The Hall–Kier alpha value is -3.09. The first-order valence-electron chi connectivity index (χ1n) is 11.5. The quantitative estimate of drug-likeness (QED) is 0.375. The number of carbonyl (C=O) groups excluding carboxylic acids is 1. The van der Waals surface area contributed by atoms with Crippen molar-refractivity contribution in [1.29, 1.82) is 0 Å². The predicted octanol–water partition coefficient (Wildman–Crippen LogP) is 5.04. The van der Waals surface area contributed by atoms with Gasteiger partial charge in [0.2, 0.25) is 5.95 Å². The number of esters is 1. The van der Waals surface area contributed by atoms with Crippen molar-refractivity contribution in [3.63, 3.8) is 0 Å². The first kappa shape index (κ1) is 27.0. The molecule has 0 amide bonds. The zero-order valence-electron chi connectivity index (χ0n) is 20.5. The monoisotopic (exact) mass is 536 g/mol. The summed E-state index contributed by atoms with van der Waals surface area (Å²) in [7, 11) is 1.36. The number of nitrogens with one attached hydrogen (secondary N) is 1. The van der Waals surface area contributed by atoms with Gasteiger partial charge in [-0.25, -0.2) is 15.0 Å². The van der Waals surface area contributed by atoms with E-state index < -0.39 is 22.9 Å². The molecule has 37 heavy (non-hydrogen) atoms. The molecule has 0 bridgehead atoms. The van der Waals surface area contributed by atoms with E-state index in [4.69, 9.17) is 4.74 Å². The molecule has 1 aromatic carbocycles. The smallest absolute Gasteiger partial charge is 0.433 e. The molecule has 3 aromatic rings. The van der Waals surface area contributed by atoms with Crippen molar-refractivity contribution in [3.05, 3.63) is 52.9 Å². The van der Waals surface area contributed by atoms with Gasteiger partial charge < -0.3 is 20.3 Å². The number of aliphatic hydroxyl groups excluding tert-OH is 1. The van der Waals surface area contributed by atoms with Crippen molar-refractivity contribution in [2.75, 3.05) is 12.4 Å². The van der Waals surface area contributed by atoms with Crippen molar-refractivity contribution >= 4 is 28.9 Å². The van der Waals surface area contributed by atoms with Crippen LogP contribution in [-0.2, 0) is 27.9 Å². The highest BCUT2D eigenvalue weighted by Crippen LogP contribution is 2.51. The van der Waals surface area contributed by atoms with Crippen LogP contribution >= 0.6 is 11.3 Å². The van der Waals surface area contributed by atoms with Gasteiger partial charge in [0.15, 0.2) is 0 Å². The standard InChI is InChI=1S/C25H27F3N4O4S/c1-23(2)13-24(35,6-4-17(23)20(34)36-3)21-30-11-18(37-21)15-8-14(12-33)9-16(10-15)31-22-29-7-5-19(32-22)25(26,27)28/h5,7-11,17,33,35H,4,6,12-13H2,1-3H3,(H,29,31,32). The zero-order valence-corrected chi connectivity index (χ0v) is 21.3. The third-order valence-corrected chi connectivity index (χ3v) is 7.83. The average Bonchev–Trinajstić information content (AvgIpc) is 3.34. The van der Waals surface area contributed by atoms with Gasteiger partial charge in [-0.2, -0.15) is 13.2 Å². The molecule has 3 N–H and O–H groups in total. The largest absolute Gasteiger partial charge is 0.469 e. The second-order valence-electron chi connectivity index (χ2n) is 9.81. The number of carbonyl (C=O) groups is 1. The highest BCUT2D eigenvalue weighted by atomic mass is 32.1. The molecule has 2 aromatic heterocycles. The third kappa shape index (κ3) is 5.76. The van der Waals surface area contributed by atoms with Gasteiger partial charge in [-0.3, -0.25) is 4.79 Å². The number of anilines is 2. The Labute approximate surface area is 215 Å². The van der Waals surface area contributed by atoms with Gasteiger partial charge >= 0.3 is 12.1 Å². The molecule has 1 aliphatic rings. The number of hydrogen-bond donors (Lipinski definition) is 3. The van der Waals surface area contributed by atoms with Gasteiger partial charge in [0, 0.05) is 18.1 Å². The highest BCUT2D eigenvalue weighted by Gasteiger charge is 2.49. The first-order valence-corrected chi connectivity index (χ1v) is 12.4. The number of nitrogens with zero attached hydrogens (tertiary/aromatic N) is 3. The van der Waals surface area contributed by atoms with Crippen LogP contribution in [0.25, 0.3) is 10.4 Å². The minimum Gasteiger partial charge on any atom is -0.469 e. The van der Waals surface area contributed by atoms with Crippen molar-refractivity contribution in [2.24, 2.45) is 11.3 Å². The summed E-state index contributed by atoms with van der Waals surface area (Å²) in [5.74, 6) is -0.859. The van der Waals surface area contributed by atoms with Crippen molar-refractivity contribution in [3.8, 4) is 10.4 Å². The van der Waals surface area contributed by atoms with E-state index >= 15 is 0 Å². The number of benzene rings is 1. The number of aliphatic hydroxyl groups is 2. The molecule has 1 saturated carbocycles. The number of halogens is 3. The van der Waals surface area contributed by atoms with Gasteiger partial charge in [0.1, 0.15) is 16.3 Å². The van der Waals surface area contributed by atoms with Crippen molar-refractivity contribution in [1.82, 2.24) is 15.0 Å². The second kappa shape index (κ2) is 9.99. The molecule has 0 saturated heterocycles. The molecule has 1 fully saturated rings. The van der Waals surface area contributed by atoms with Crippen LogP contribution in [0, 0.1) is 11.3 Å². The van der Waals surface area contributed by atoms with Gasteiger partial charge in [0.25, 0.3) is 0 Å². The van der Waals surface area contributed by atoms with E-state index in [9.17, 15) is 28.2 Å². The van der Waals surface area contributed by atoms with E-state index in [0.29, 0.717) is 46.0 Å². The molecule has 198 valence electrons. The number of hydrogen-bond acceptors (Lipinski definition) is 9. The Kier molecular flexibility index (Phi) is 7.28. The normalized spacial score (nSPS) is 21.5. The Morgan fingerprint density at radius 3 is 2.68 bits per heavy atom. The summed E-state index contributed by atoms with van der Waals surface area (Å²) in [4.78, 5) is 24.8. The SMILES string of the molecule is COC(=O)C1CCC(O)(c2ncc(-c3cc(CO)cc(Nc4nccc(C(F)(F)F)n4)c3)s2)CC1(C)C. The predicted molar refractivity (Wildman–Crippen MR) is 131 cm³/mol. The highest BCUT2D eigenvalue weighted by molar-refractivity contribution is 7.15. The van der Waals surface area contributed by atoms with Gasteiger partial charge in [-0.05, 0) is 60.1 Å². The molecule has 0 radical (unpaired) electrons. The van der Waals surface area contributed by atoms with E-state index in [1.165, 1.54) is 18.4 Å². The molecule has 2 heterocycles. The lowest BCUT2D eigenvalue weighted by Gasteiger charge is -2.44. The molecular weight excluding hydrogens is 509 g/mol. The summed E-state index contributed by atoms with van der Waals surface area (Å²) < 4.78 is 44.0. The summed E-state index contributed by atoms with van der Waals surface area (Å²) in [5, 5.41) is 24.5. The van der Waals surface area contributed by atoms with Crippen LogP contribution in [0.2, 0.25) is 0 Å². The molecule has 8 nitrogen and oxygen atoms in total. The molecule has 1 aliphatic carbocycles. The minimum atomic E-state index is -4.61. The lowest BCUT2D eigenvalue weighted by Crippen LogP contribution is -2.45. The summed E-state index contributed by atoms with van der Waals surface area (Å²) in [6.07, 6.45) is -0.861. The summed E-state index contributed by atoms with van der Waals surface area (Å²) in [5.41, 5.74) is -1.26. The topological polar surface area (TPSA) is 117 Å². The molecule has 0 spiro atoms. The third-order valence-electron chi connectivity index (χ3n) is 6.59. The molecule has 4 rings (SSSR count). The van der Waals surface area contributed by atoms with E-state index in [1.54, 1.807) is 24.4 Å². The first-order chi connectivity index (χ1) is 17.3. The number of ether oxygens (including phenoxy) is 1. The zero-order chi connectivity index (χ0) is 27.0. The van der Waals surface area contributed by atoms with Crippen LogP contribution in [0.3, 0.4) is 0 Å². The second-order valence-corrected chi connectivity index (χ2v) is 10.8. The maximum absolute atomic E-state index is 13.0. The Morgan fingerprint density at radius 1 is 1.27 bits per heavy atom. The lowest BCUT2D eigenvalue weighted by molar-refractivity contribution is -0.157. The van der Waals surface area contributed by atoms with Gasteiger partial charge in [-0.15, -0.1) is 11.3 Å². The molecule has 2 atom stereocenters. The molecular formula is C25H27F3N4O4S. The van der Waals surface area contributed by atoms with Crippen LogP contribution < -0.4 is 5.32 Å². The fraction of sp³-hybridized carbons (Fsp3) is 0.440. The number of methoxy groups -OCH3 is 1. The average molecular weight is 537 g/mol. The van der Waals surface area contributed by atoms with Crippen LogP contribution in [0.15, 0.2) is 36.7 Å². The Morgan fingerprint density at radius 2 is 2.03 bits per heavy atom. The van der Waals surface area contributed by atoms with Gasteiger partial charge in [-0.1, -0.05) is 13.8 Å². The van der Waals surface area contributed by atoms with Crippen LogP contribution in [0.5, 0.6) is 0 Å². The number of rotatable bonds is 6. The number of aromatic nitrogens is 3.